The highest BCUT2D eigenvalue weighted by atomic mass is 19.4. The lowest BCUT2D eigenvalue weighted by Crippen LogP contribution is -2.46. The number of carbonyl (C=O) groups is 2. The molecule has 2 N–H and O–H groups in total. The quantitative estimate of drug-likeness (QED) is 0.302. The van der Waals surface area contributed by atoms with Gasteiger partial charge in [0.1, 0.15) is 5.75 Å². The van der Waals surface area contributed by atoms with E-state index in [1.807, 2.05) is 30.3 Å². The van der Waals surface area contributed by atoms with Gasteiger partial charge in [-0.05, 0) is 55.0 Å². The fourth-order valence-electron chi connectivity index (χ4n) is 5.81. The Balaban J connectivity index is 1.42. The maximum atomic E-state index is 13.8. The zero-order valence-electron chi connectivity index (χ0n) is 24.0. The molecule has 42 heavy (non-hydrogen) atoms. The van der Waals surface area contributed by atoms with E-state index in [4.69, 9.17) is 4.74 Å². The lowest BCUT2D eigenvalue weighted by molar-refractivity contribution is -0.274. The summed E-state index contributed by atoms with van der Waals surface area (Å²) in [4.78, 5) is 28.8. The standard InChI is InChI=1S/C32H42F3N3O4/c33-32(34,35)42-29-15-13-27(14-16-29)36-23-28(12-11-24-7-3-1-4-8-24)37-31(40)26(21-25-9-5-2-6-10-25)22-30(39)38-17-19-41-20-18-38/h1,3-4,7-8,13-16,25-26,28,36H,2,5-6,9-12,17-23H2,(H,37,40). The molecule has 10 heteroatoms. The number of hydrogen-bond acceptors (Lipinski definition) is 5. The van der Waals surface area contributed by atoms with Gasteiger partial charge < -0.3 is 25.0 Å². The Kier molecular flexibility index (Phi) is 11.9. The molecule has 2 aromatic rings. The highest BCUT2D eigenvalue weighted by Gasteiger charge is 2.31. The summed E-state index contributed by atoms with van der Waals surface area (Å²) < 4.78 is 47.0. The molecule has 230 valence electrons. The number of anilines is 1. The molecule has 2 atom stereocenters. The van der Waals surface area contributed by atoms with Crippen LogP contribution in [0.4, 0.5) is 18.9 Å². The molecule has 0 bridgehead atoms. The molecule has 0 radical (unpaired) electrons. The minimum atomic E-state index is -4.75. The number of ether oxygens (including phenoxy) is 2. The maximum Gasteiger partial charge on any atom is 0.573 e. The van der Waals surface area contributed by atoms with Crippen LogP contribution in [0.25, 0.3) is 0 Å². The molecule has 2 unspecified atom stereocenters. The summed E-state index contributed by atoms with van der Waals surface area (Å²) in [5, 5.41) is 6.48. The van der Waals surface area contributed by atoms with E-state index >= 15 is 0 Å². The fraction of sp³-hybridized carbons (Fsp3) is 0.562. The van der Waals surface area contributed by atoms with Crippen LogP contribution in [0.1, 0.15) is 56.9 Å². The number of rotatable bonds is 13. The number of nitrogens with one attached hydrogen (secondary N) is 2. The third-order valence-electron chi connectivity index (χ3n) is 8.11. The first-order valence-corrected chi connectivity index (χ1v) is 15.0. The molecular weight excluding hydrogens is 547 g/mol. The number of hydrogen-bond donors (Lipinski definition) is 2. The molecule has 2 aliphatic rings. The van der Waals surface area contributed by atoms with Crippen LogP contribution in [0, 0.1) is 11.8 Å². The third-order valence-corrected chi connectivity index (χ3v) is 8.11. The second kappa shape index (κ2) is 15.8. The normalized spacial score (nSPS) is 17.7. The Bertz CT molecular complexity index is 1100. The van der Waals surface area contributed by atoms with Crippen LogP contribution in [0.15, 0.2) is 54.6 Å². The number of nitrogens with zero attached hydrogens (tertiary/aromatic N) is 1. The monoisotopic (exact) mass is 589 g/mol. The van der Waals surface area contributed by atoms with Crippen molar-refractivity contribution in [2.75, 3.05) is 38.2 Å². The molecule has 1 saturated heterocycles. The van der Waals surface area contributed by atoms with Gasteiger partial charge in [-0.15, -0.1) is 13.2 Å². The molecule has 2 fully saturated rings. The van der Waals surface area contributed by atoms with Gasteiger partial charge in [0.15, 0.2) is 0 Å². The van der Waals surface area contributed by atoms with Gasteiger partial charge in [0.2, 0.25) is 11.8 Å². The van der Waals surface area contributed by atoms with Gasteiger partial charge in [0, 0.05) is 43.7 Å². The lowest BCUT2D eigenvalue weighted by Gasteiger charge is -2.31. The van der Waals surface area contributed by atoms with Crippen molar-refractivity contribution in [2.24, 2.45) is 11.8 Å². The van der Waals surface area contributed by atoms with Crippen LogP contribution in [-0.2, 0) is 20.7 Å². The summed E-state index contributed by atoms with van der Waals surface area (Å²) >= 11 is 0. The number of aryl methyl sites for hydroxylation is 1. The maximum absolute atomic E-state index is 13.8. The Morgan fingerprint density at radius 3 is 2.33 bits per heavy atom. The first kappa shape index (κ1) is 31.7. The molecular formula is C32H42F3N3O4. The fourth-order valence-corrected chi connectivity index (χ4v) is 5.81. The second-order valence-corrected chi connectivity index (χ2v) is 11.3. The van der Waals surface area contributed by atoms with Crippen molar-refractivity contribution in [1.82, 2.24) is 10.2 Å². The number of carbonyl (C=O) groups excluding carboxylic acids is 2. The zero-order chi connectivity index (χ0) is 29.8. The van der Waals surface area contributed by atoms with Crippen LogP contribution in [-0.4, -0.2) is 62.0 Å². The average Bonchev–Trinajstić information content (AvgIpc) is 2.99. The number of halogens is 3. The lowest BCUT2D eigenvalue weighted by atomic mass is 9.81. The summed E-state index contributed by atoms with van der Waals surface area (Å²) in [5.41, 5.74) is 1.76. The van der Waals surface area contributed by atoms with Gasteiger partial charge in [-0.2, -0.15) is 0 Å². The molecule has 2 aromatic carbocycles. The van der Waals surface area contributed by atoms with Crippen molar-refractivity contribution >= 4 is 17.5 Å². The van der Waals surface area contributed by atoms with E-state index in [2.05, 4.69) is 15.4 Å². The van der Waals surface area contributed by atoms with Crippen molar-refractivity contribution in [3.63, 3.8) is 0 Å². The summed E-state index contributed by atoms with van der Waals surface area (Å²) in [6.45, 7) is 2.51. The number of morpholine rings is 1. The molecule has 0 spiro atoms. The van der Waals surface area contributed by atoms with Crippen molar-refractivity contribution in [2.45, 2.75) is 70.2 Å². The van der Waals surface area contributed by atoms with Crippen LogP contribution in [0.2, 0.25) is 0 Å². The SMILES string of the molecule is O=C(NC(CCc1ccccc1)CNc1ccc(OC(F)(F)F)cc1)C(CC(=O)N1CCOCC1)CC1CCCCC1. The van der Waals surface area contributed by atoms with Gasteiger partial charge in [-0.3, -0.25) is 9.59 Å². The van der Waals surface area contributed by atoms with E-state index in [-0.39, 0.29) is 30.0 Å². The molecule has 2 amide bonds. The third kappa shape index (κ3) is 10.9. The number of alkyl halides is 3. The van der Waals surface area contributed by atoms with Crippen molar-refractivity contribution in [1.29, 1.82) is 0 Å². The summed E-state index contributed by atoms with van der Waals surface area (Å²) in [5.74, 6) is -0.394. The average molecular weight is 590 g/mol. The Hall–Kier alpha value is -3.27. The van der Waals surface area contributed by atoms with E-state index in [9.17, 15) is 22.8 Å². The zero-order valence-corrected chi connectivity index (χ0v) is 24.0. The van der Waals surface area contributed by atoms with E-state index in [1.54, 1.807) is 4.90 Å². The molecule has 1 aliphatic heterocycles. The molecule has 0 aromatic heterocycles. The molecule has 1 saturated carbocycles. The minimum absolute atomic E-state index is 0.00520. The minimum Gasteiger partial charge on any atom is -0.406 e. The van der Waals surface area contributed by atoms with Crippen LogP contribution in [0.5, 0.6) is 5.75 Å². The summed E-state index contributed by atoms with van der Waals surface area (Å²) in [6.07, 6.45) is 3.24. The van der Waals surface area contributed by atoms with Crippen LogP contribution in [0.3, 0.4) is 0 Å². The van der Waals surface area contributed by atoms with Gasteiger partial charge >= 0.3 is 6.36 Å². The molecule has 1 heterocycles. The van der Waals surface area contributed by atoms with E-state index < -0.39 is 12.3 Å². The predicted octanol–water partition coefficient (Wildman–Crippen LogP) is 5.95. The summed E-state index contributed by atoms with van der Waals surface area (Å²) in [6, 6.07) is 15.3. The Labute approximate surface area is 246 Å². The first-order chi connectivity index (χ1) is 20.2. The summed E-state index contributed by atoms with van der Waals surface area (Å²) in [7, 11) is 0. The van der Waals surface area contributed by atoms with Crippen LogP contribution >= 0.6 is 0 Å². The first-order valence-electron chi connectivity index (χ1n) is 15.0. The van der Waals surface area contributed by atoms with E-state index in [0.29, 0.717) is 57.3 Å². The highest BCUT2D eigenvalue weighted by Crippen LogP contribution is 2.31. The Morgan fingerprint density at radius 1 is 0.976 bits per heavy atom. The predicted molar refractivity (Wildman–Crippen MR) is 155 cm³/mol. The van der Waals surface area contributed by atoms with Crippen molar-refractivity contribution in [3.05, 3.63) is 60.2 Å². The van der Waals surface area contributed by atoms with Crippen molar-refractivity contribution < 1.29 is 32.2 Å². The topological polar surface area (TPSA) is 79.9 Å². The van der Waals surface area contributed by atoms with Crippen LogP contribution < -0.4 is 15.4 Å². The highest BCUT2D eigenvalue weighted by molar-refractivity contribution is 5.86. The molecule has 4 rings (SSSR count). The second-order valence-electron chi connectivity index (χ2n) is 11.3. The van der Waals surface area contributed by atoms with Gasteiger partial charge in [0.05, 0.1) is 13.2 Å². The smallest absolute Gasteiger partial charge is 0.406 e. The van der Waals surface area contributed by atoms with Crippen molar-refractivity contribution in [3.8, 4) is 5.75 Å². The number of amides is 2. The van der Waals surface area contributed by atoms with Gasteiger partial charge in [-0.1, -0.05) is 62.4 Å². The number of benzene rings is 2. The largest absolute Gasteiger partial charge is 0.573 e. The Morgan fingerprint density at radius 2 is 1.67 bits per heavy atom. The van der Waals surface area contributed by atoms with E-state index in [1.165, 1.54) is 30.7 Å². The van der Waals surface area contributed by atoms with Gasteiger partial charge in [0.25, 0.3) is 0 Å². The van der Waals surface area contributed by atoms with Gasteiger partial charge in [-0.25, -0.2) is 0 Å². The van der Waals surface area contributed by atoms with E-state index in [0.717, 1.165) is 37.7 Å². The molecule has 7 nitrogen and oxygen atoms in total. The molecule has 1 aliphatic carbocycles.